The van der Waals surface area contributed by atoms with Crippen LogP contribution in [0.5, 0.6) is 0 Å². The summed E-state index contributed by atoms with van der Waals surface area (Å²) in [5.74, 6) is -0.356. The Morgan fingerprint density at radius 3 is 2.22 bits per heavy atom. The Hall–Kier alpha value is -3.12. The van der Waals surface area contributed by atoms with Crippen molar-refractivity contribution >= 4 is 43.2 Å². The van der Waals surface area contributed by atoms with Crippen LogP contribution in [0.2, 0.25) is 0 Å². The third-order valence-electron chi connectivity index (χ3n) is 3.35. The molecule has 0 atom stereocenters. The maximum atomic E-state index is 11.5. The van der Waals surface area contributed by atoms with Crippen molar-refractivity contribution in [3.05, 3.63) is 29.3 Å². The Labute approximate surface area is 153 Å². The van der Waals surface area contributed by atoms with E-state index in [1.807, 2.05) is 0 Å². The molecule has 2 rings (SSSR count). The zero-order valence-corrected chi connectivity index (χ0v) is 15.2. The van der Waals surface area contributed by atoms with E-state index < -0.39 is 35.7 Å². The van der Waals surface area contributed by atoms with Gasteiger partial charge in [-0.2, -0.15) is 22.1 Å². The highest BCUT2D eigenvalue weighted by atomic mass is 32.2. The summed E-state index contributed by atoms with van der Waals surface area (Å²) in [6.45, 7) is 1.44. The number of nitrogens with two attached hydrogens (primary N) is 2. The molecule has 0 aliphatic carbocycles. The molecule has 0 radical (unpaired) electrons. The number of benzene rings is 1. The van der Waals surface area contributed by atoms with Gasteiger partial charge in [-0.15, -0.1) is 10.2 Å². The molecule has 0 saturated carbocycles. The van der Waals surface area contributed by atoms with Gasteiger partial charge in [-0.3, -0.25) is 9.11 Å². The van der Waals surface area contributed by atoms with Crippen molar-refractivity contribution in [2.75, 3.05) is 11.5 Å². The first-order valence-electron chi connectivity index (χ1n) is 6.82. The van der Waals surface area contributed by atoms with Crippen LogP contribution in [0.4, 0.5) is 23.0 Å². The fourth-order valence-electron chi connectivity index (χ4n) is 2.07. The Balaban J connectivity index is 2.72. The van der Waals surface area contributed by atoms with E-state index in [1.54, 1.807) is 6.07 Å². The minimum absolute atomic E-state index is 0.0279. The van der Waals surface area contributed by atoms with E-state index in [9.17, 15) is 21.4 Å². The van der Waals surface area contributed by atoms with Crippen molar-refractivity contribution < 1.29 is 25.9 Å². The Morgan fingerprint density at radius 2 is 1.70 bits per heavy atom. The molecular formula is C13H12N6O6S2. The number of nitriles is 1. The van der Waals surface area contributed by atoms with Crippen molar-refractivity contribution in [2.24, 2.45) is 10.2 Å². The lowest BCUT2D eigenvalue weighted by atomic mass is 10.1. The van der Waals surface area contributed by atoms with Gasteiger partial charge >= 0.3 is 0 Å². The maximum absolute atomic E-state index is 11.5. The number of azo groups is 1. The second-order valence-corrected chi connectivity index (χ2v) is 7.93. The Bertz CT molecular complexity index is 1210. The summed E-state index contributed by atoms with van der Waals surface area (Å²) < 4.78 is 63.7. The fourth-order valence-corrected chi connectivity index (χ4v) is 3.17. The minimum Gasteiger partial charge on any atom is -0.383 e. The van der Waals surface area contributed by atoms with Crippen molar-refractivity contribution in [1.29, 1.82) is 5.26 Å². The standard InChI is InChI=1S/C13H12N6O6S2/c1-6-8(5-14)12(15)17-13(16)11(6)19-18-9-4-7(26(20,21)22)2-3-10(9)27(23,24)25/h2-4H,1H3,(H4,15,16,17)(H,20,21,22)(H,23,24,25). The second-order valence-electron chi connectivity index (χ2n) is 5.12. The summed E-state index contributed by atoms with van der Waals surface area (Å²) in [5, 5.41) is 16.4. The van der Waals surface area contributed by atoms with E-state index in [4.69, 9.17) is 21.3 Å². The van der Waals surface area contributed by atoms with Gasteiger partial charge in [-0.25, -0.2) is 4.98 Å². The first-order valence-corrected chi connectivity index (χ1v) is 9.70. The fraction of sp³-hybridized carbons (Fsp3) is 0.0769. The lowest BCUT2D eigenvalue weighted by Crippen LogP contribution is -2.03. The molecule has 142 valence electrons. The van der Waals surface area contributed by atoms with Gasteiger partial charge in [0.15, 0.2) is 5.82 Å². The largest absolute Gasteiger partial charge is 0.383 e. The zero-order chi connectivity index (χ0) is 20.6. The summed E-state index contributed by atoms with van der Waals surface area (Å²) >= 11 is 0. The molecule has 2 aromatic rings. The molecule has 0 aliphatic heterocycles. The minimum atomic E-state index is -4.79. The number of aromatic nitrogens is 1. The van der Waals surface area contributed by atoms with Gasteiger partial charge in [0.2, 0.25) is 0 Å². The number of hydrogen-bond donors (Lipinski definition) is 4. The number of nitrogens with zero attached hydrogens (tertiary/aromatic N) is 4. The van der Waals surface area contributed by atoms with Crippen LogP contribution < -0.4 is 11.5 Å². The number of rotatable bonds is 4. The summed E-state index contributed by atoms with van der Waals surface area (Å²) in [5.41, 5.74) is 10.7. The Kier molecular flexibility index (Phi) is 5.15. The van der Waals surface area contributed by atoms with Crippen LogP contribution >= 0.6 is 0 Å². The second kappa shape index (κ2) is 6.89. The molecule has 1 aromatic carbocycles. The molecule has 0 fully saturated rings. The molecule has 0 bridgehead atoms. The molecule has 0 spiro atoms. The van der Waals surface area contributed by atoms with Gasteiger partial charge in [0.1, 0.15) is 28.2 Å². The normalized spacial score (nSPS) is 12.2. The number of hydrogen-bond acceptors (Lipinski definition) is 10. The van der Waals surface area contributed by atoms with Crippen molar-refractivity contribution in [1.82, 2.24) is 4.98 Å². The highest BCUT2D eigenvalue weighted by Crippen LogP contribution is 2.34. The van der Waals surface area contributed by atoms with Crippen LogP contribution in [0.3, 0.4) is 0 Å². The van der Waals surface area contributed by atoms with Gasteiger partial charge in [-0.05, 0) is 25.1 Å². The molecule has 0 aliphatic rings. The van der Waals surface area contributed by atoms with Gasteiger partial charge in [-0.1, -0.05) is 0 Å². The lowest BCUT2D eigenvalue weighted by Gasteiger charge is -2.08. The summed E-state index contributed by atoms with van der Waals surface area (Å²) in [6, 6.07) is 3.97. The van der Waals surface area contributed by atoms with Crippen molar-refractivity contribution in [2.45, 2.75) is 16.7 Å². The number of anilines is 2. The SMILES string of the molecule is Cc1c(C#N)c(N)nc(N)c1N=Nc1cc(S(=O)(=O)O)ccc1S(=O)(=O)O. The average Bonchev–Trinajstić information content (AvgIpc) is 2.52. The summed E-state index contributed by atoms with van der Waals surface area (Å²) in [7, 11) is -9.47. The molecule has 1 heterocycles. The maximum Gasteiger partial charge on any atom is 0.296 e. The van der Waals surface area contributed by atoms with Crippen molar-refractivity contribution in [3.63, 3.8) is 0 Å². The molecule has 27 heavy (non-hydrogen) atoms. The van der Waals surface area contributed by atoms with Crippen LogP contribution in [-0.2, 0) is 20.2 Å². The van der Waals surface area contributed by atoms with E-state index >= 15 is 0 Å². The van der Waals surface area contributed by atoms with Crippen LogP contribution in [-0.4, -0.2) is 30.9 Å². The number of pyridine rings is 1. The number of nitrogen functional groups attached to an aromatic ring is 2. The van der Waals surface area contributed by atoms with E-state index in [0.29, 0.717) is 6.07 Å². The third kappa shape index (κ3) is 4.17. The molecular weight excluding hydrogens is 400 g/mol. The zero-order valence-electron chi connectivity index (χ0n) is 13.5. The topological polar surface area (TPSA) is 222 Å². The van der Waals surface area contributed by atoms with E-state index in [2.05, 4.69) is 15.2 Å². The van der Waals surface area contributed by atoms with Crippen LogP contribution in [0, 0.1) is 18.3 Å². The molecule has 0 unspecified atom stereocenters. The van der Waals surface area contributed by atoms with Gasteiger partial charge < -0.3 is 11.5 Å². The first-order chi connectivity index (χ1) is 12.4. The van der Waals surface area contributed by atoms with Crippen LogP contribution in [0.25, 0.3) is 0 Å². The highest BCUT2D eigenvalue weighted by molar-refractivity contribution is 7.86. The molecule has 6 N–H and O–H groups in total. The van der Waals surface area contributed by atoms with E-state index in [0.717, 1.165) is 12.1 Å². The van der Waals surface area contributed by atoms with Gasteiger partial charge in [0.25, 0.3) is 20.2 Å². The van der Waals surface area contributed by atoms with Gasteiger partial charge in [0, 0.05) is 5.56 Å². The van der Waals surface area contributed by atoms with Gasteiger partial charge in [0.05, 0.1) is 10.5 Å². The van der Waals surface area contributed by atoms with Crippen molar-refractivity contribution in [3.8, 4) is 6.07 Å². The highest BCUT2D eigenvalue weighted by Gasteiger charge is 2.20. The molecule has 0 amide bonds. The molecule has 12 nitrogen and oxygen atoms in total. The van der Waals surface area contributed by atoms with Crippen LogP contribution in [0.15, 0.2) is 38.2 Å². The predicted molar refractivity (Wildman–Crippen MR) is 92.8 cm³/mol. The van der Waals surface area contributed by atoms with E-state index in [-0.39, 0.29) is 28.5 Å². The summed E-state index contributed by atoms with van der Waals surface area (Å²) in [4.78, 5) is 2.28. The molecule has 1 aromatic heterocycles. The van der Waals surface area contributed by atoms with E-state index in [1.165, 1.54) is 6.92 Å². The predicted octanol–water partition coefficient (Wildman–Crippen LogP) is 1.33. The monoisotopic (exact) mass is 412 g/mol. The smallest absolute Gasteiger partial charge is 0.296 e. The third-order valence-corrected chi connectivity index (χ3v) is 5.10. The van der Waals surface area contributed by atoms with Crippen LogP contribution in [0.1, 0.15) is 11.1 Å². The quantitative estimate of drug-likeness (QED) is 0.416. The molecule has 0 saturated heterocycles. The molecule has 14 heteroatoms. The lowest BCUT2D eigenvalue weighted by molar-refractivity contribution is 0.478. The Morgan fingerprint density at radius 1 is 1.07 bits per heavy atom. The summed E-state index contributed by atoms with van der Waals surface area (Å²) in [6.07, 6.45) is 0. The first kappa shape index (κ1) is 20.2. The average molecular weight is 412 g/mol.